The molecule has 152 valence electrons. The molecule has 1 aliphatic heterocycles. The summed E-state index contributed by atoms with van der Waals surface area (Å²) < 4.78 is 0. The van der Waals surface area contributed by atoms with Gasteiger partial charge in [-0.05, 0) is 36.8 Å². The molecule has 3 amide bonds. The van der Waals surface area contributed by atoms with Gasteiger partial charge in [-0.2, -0.15) is 0 Å². The van der Waals surface area contributed by atoms with E-state index in [2.05, 4.69) is 5.32 Å². The molecule has 7 heteroatoms. The first-order chi connectivity index (χ1) is 13.8. The number of benzene rings is 2. The second-order valence-electron chi connectivity index (χ2n) is 7.41. The van der Waals surface area contributed by atoms with Crippen LogP contribution in [0.1, 0.15) is 17.5 Å². The third-order valence-corrected chi connectivity index (χ3v) is 5.19. The molecule has 1 N–H and O–H groups in total. The van der Waals surface area contributed by atoms with Gasteiger partial charge >= 0.3 is 0 Å². The van der Waals surface area contributed by atoms with Gasteiger partial charge in [-0.15, -0.1) is 0 Å². The number of likely N-dealkylation sites (tertiary alicyclic amines) is 1. The predicted molar refractivity (Wildman–Crippen MR) is 112 cm³/mol. The van der Waals surface area contributed by atoms with Gasteiger partial charge in [0.2, 0.25) is 17.7 Å². The summed E-state index contributed by atoms with van der Waals surface area (Å²) in [5, 5.41) is 3.31. The highest BCUT2D eigenvalue weighted by molar-refractivity contribution is 6.30. The third kappa shape index (κ3) is 5.57. The second kappa shape index (κ2) is 9.09. The van der Waals surface area contributed by atoms with E-state index in [4.69, 9.17) is 11.6 Å². The van der Waals surface area contributed by atoms with Crippen molar-refractivity contribution in [1.29, 1.82) is 0 Å². The van der Waals surface area contributed by atoms with Crippen molar-refractivity contribution < 1.29 is 14.4 Å². The average Bonchev–Trinajstić information content (AvgIpc) is 3.05. The number of amides is 3. The minimum absolute atomic E-state index is 0.0389. The third-order valence-electron chi connectivity index (χ3n) is 4.94. The van der Waals surface area contributed by atoms with Crippen molar-refractivity contribution in [1.82, 2.24) is 9.80 Å². The zero-order valence-electron chi connectivity index (χ0n) is 16.5. The highest BCUT2D eigenvalue weighted by Gasteiger charge is 2.36. The monoisotopic (exact) mass is 413 g/mol. The Hall–Kier alpha value is -2.86. The zero-order valence-corrected chi connectivity index (χ0v) is 17.3. The van der Waals surface area contributed by atoms with Crippen molar-refractivity contribution >= 4 is 35.0 Å². The first kappa shape index (κ1) is 20.9. The van der Waals surface area contributed by atoms with E-state index in [-0.39, 0.29) is 30.7 Å². The molecule has 0 unspecified atom stereocenters. The largest absolute Gasteiger partial charge is 0.338 e. The normalized spacial score (nSPS) is 16.0. The molecule has 0 saturated carbocycles. The Labute approximate surface area is 175 Å². The fourth-order valence-corrected chi connectivity index (χ4v) is 3.47. The number of anilines is 1. The fourth-order valence-electron chi connectivity index (χ4n) is 3.34. The average molecular weight is 414 g/mol. The number of carbonyl (C=O) groups is 3. The summed E-state index contributed by atoms with van der Waals surface area (Å²) >= 11 is 5.83. The Kier molecular flexibility index (Phi) is 6.54. The summed E-state index contributed by atoms with van der Waals surface area (Å²) in [6.07, 6.45) is 0.174. The minimum Gasteiger partial charge on any atom is -0.338 e. The molecule has 0 aliphatic carbocycles. The molecule has 0 spiro atoms. The zero-order chi connectivity index (χ0) is 21.0. The molecule has 1 atom stereocenters. The van der Waals surface area contributed by atoms with E-state index in [0.29, 0.717) is 23.8 Å². The first-order valence-corrected chi connectivity index (χ1v) is 9.83. The van der Waals surface area contributed by atoms with E-state index in [1.807, 2.05) is 31.2 Å². The highest BCUT2D eigenvalue weighted by atomic mass is 35.5. The van der Waals surface area contributed by atoms with Crippen LogP contribution in [0.15, 0.2) is 48.5 Å². The number of likely N-dealkylation sites (N-methyl/N-ethyl adjacent to an activating group) is 1. The van der Waals surface area contributed by atoms with E-state index >= 15 is 0 Å². The van der Waals surface area contributed by atoms with Crippen LogP contribution in [0.4, 0.5) is 5.69 Å². The molecule has 1 aliphatic rings. The van der Waals surface area contributed by atoms with E-state index in [1.165, 1.54) is 4.90 Å². The summed E-state index contributed by atoms with van der Waals surface area (Å²) in [5.74, 6) is -0.968. The molecule has 0 aromatic heterocycles. The molecule has 2 aromatic carbocycles. The molecule has 6 nitrogen and oxygen atoms in total. The molecule has 1 heterocycles. The lowest BCUT2D eigenvalue weighted by atomic mass is 10.1. The van der Waals surface area contributed by atoms with Gasteiger partial charge in [0.15, 0.2) is 0 Å². The Morgan fingerprint density at radius 1 is 1.14 bits per heavy atom. The second-order valence-corrected chi connectivity index (χ2v) is 7.85. The maximum absolute atomic E-state index is 12.7. The molecule has 29 heavy (non-hydrogen) atoms. The Balaban J connectivity index is 1.52. The molecular formula is C22H24ClN3O3. The van der Waals surface area contributed by atoms with Crippen LogP contribution in [0.25, 0.3) is 0 Å². The Morgan fingerprint density at radius 2 is 1.79 bits per heavy atom. The lowest BCUT2D eigenvalue weighted by Crippen LogP contribution is -2.39. The summed E-state index contributed by atoms with van der Waals surface area (Å²) in [6, 6.07) is 14.7. The fraction of sp³-hybridized carbons (Fsp3) is 0.318. The van der Waals surface area contributed by atoms with Crippen LogP contribution in [-0.2, 0) is 20.9 Å². The molecule has 2 aromatic rings. The van der Waals surface area contributed by atoms with Crippen LogP contribution < -0.4 is 5.32 Å². The number of nitrogens with zero attached hydrogens (tertiary/aromatic N) is 2. The summed E-state index contributed by atoms with van der Waals surface area (Å²) in [5.41, 5.74) is 2.81. The van der Waals surface area contributed by atoms with Crippen LogP contribution in [0, 0.1) is 12.8 Å². The smallest absolute Gasteiger partial charge is 0.243 e. The van der Waals surface area contributed by atoms with E-state index < -0.39 is 5.92 Å². The van der Waals surface area contributed by atoms with Gasteiger partial charge < -0.3 is 15.1 Å². The predicted octanol–water partition coefficient (Wildman–Crippen LogP) is 3.09. The van der Waals surface area contributed by atoms with Crippen LogP contribution in [0.2, 0.25) is 5.02 Å². The standard InChI is InChI=1S/C22H24ClN3O3/c1-15-3-5-16(6-4-15)12-26-13-17(11-21(26)28)22(29)25(2)14-20(27)24-19-9-7-18(23)8-10-19/h3-10,17H,11-14H2,1-2H3,(H,24,27)/t17-/m1/s1. The van der Waals surface area contributed by atoms with Gasteiger partial charge in [0.1, 0.15) is 0 Å². The molecule has 1 saturated heterocycles. The number of nitrogens with one attached hydrogen (secondary N) is 1. The summed E-state index contributed by atoms with van der Waals surface area (Å²) in [7, 11) is 1.58. The van der Waals surface area contributed by atoms with Crippen molar-refractivity contribution in [2.45, 2.75) is 19.9 Å². The van der Waals surface area contributed by atoms with Gasteiger partial charge in [0, 0.05) is 37.3 Å². The number of halogens is 1. The highest BCUT2D eigenvalue weighted by Crippen LogP contribution is 2.22. The van der Waals surface area contributed by atoms with Gasteiger partial charge in [0.25, 0.3) is 0 Å². The number of hydrogen-bond donors (Lipinski definition) is 1. The summed E-state index contributed by atoms with van der Waals surface area (Å²) in [4.78, 5) is 40.3. The number of aryl methyl sites for hydroxylation is 1. The molecule has 3 rings (SSSR count). The lowest BCUT2D eigenvalue weighted by molar-refractivity contribution is -0.137. The minimum atomic E-state index is -0.429. The number of hydrogen-bond acceptors (Lipinski definition) is 3. The van der Waals surface area contributed by atoms with Crippen molar-refractivity contribution in [2.75, 3.05) is 25.5 Å². The van der Waals surface area contributed by atoms with Crippen LogP contribution >= 0.6 is 11.6 Å². The first-order valence-electron chi connectivity index (χ1n) is 9.45. The molecular weight excluding hydrogens is 390 g/mol. The van der Waals surface area contributed by atoms with Crippen LogP contribution in [0.5, 0.6) is 0 Å². The van der Waals surface area contributed by atoms with Gasteiger partial charge in [0.05, 0.1) is 12.5 Å². The van der Waals surface area contributed by atoms with Crippen molar-refractivity contribution in [2.24, 2.45) is 5.92 Å². The quantitative estimate of drug-likeness (QED) is 0.791. The SMILES string of the molecule is Cc1ccc(CN2C[C@H](C(=O)N(C)CC(=O)Nc3ccc(Cl)cc3)CC2=O)cc1. The van der Waals surface area contributed by atoms with Crippen LogP contribution in [-0.4, -0.2) is 47.7 Å². The maximum atomic E-state index is 12.7. The van der Waals surface area contributed by atoms with Gasteiger partial charge in [-0.25, -0.2) is 0 Å². The topological polar surface area (TPSA) is 69.7 Å². The Bertz CT molecular complexity index is 897. The summed E-state index contributed by atoms with van der Waals surface area (Å²) in [6.45, 7) is 2.79. The van der Waals surface area contributed by atoms with E-state index in [0.717, 1.165) is 11.1 Å². The molecule has 0 bridgehead atoms. The van der Waals surface area contributed by atoms with Crippen molar-refractivity contribution in [3.8, 4) is 0 Å². The van der Waals surface area contributed by atoms with E-state index in [9.17, 15) is 14.4 Å². The maximum Gasteiger partial charge on any atom is 0.243 e. The van der Waals surface area contributed by atoms with Crippen LogP contribution in [0.3, 0.4) is 0 Å². The van der Waals surface area contributed by atoms with Gasteiger partial charge in [-0.3, -0.25) is 14.4 Å². The molecule has 1 fully saturated rings. The Morgan fingerprint density at radius 3 is 2.45 bits per heavy atom. The van der Waals surface area contributed by atoms with Gasteiger partial charge in [-0.1, -0.05) is 41.4 Å². The number of carbonyl (C=O) groups excluding carboxylic acids is 3. The van der Waals surface area contributed by atoms with Crippen molar-refractivity contribution in [3.63, 3.8) is 0 Å². The number of rotatable bonds is 6. The van der Waals surface area contributed by atoms with Crippen molar-refractivity contribution in [3.05, 3.63) is 64.7 Å². The van der Waals surface area contributed by atoms with E-state index in [1.54, 1.807) is 36.2 Å². The molecule has 0 radical (unpaired) electrons. The lowest BCUT2D eigenvalue weighted by Gasteiger charge is -2.21.